The monoisotopic (exact) mass is 423 g/mol. The molecule has 6 heteroatoms. The number of carbonyl (C=O) groups is 1. The first-order valence-electron chi connectivity index (χ1n) is 10.1. The lowest BCUT2D eigenvalue weighted by Crippen LogP contribution is -2.23. The number of aryl methyl sites for hydroxylation is 3. The molecule has 1 heterocycles. The third-order valence-electron chi connectivity index (χ3n) is 5.32. The summed E-state index contributed by atoms with van der Waals surface area (Å²) in [5.41, 5.74) is 5.62. The fourth-order valence-electron chi connectivity index (χ4n) is 3.77. The van der Waals surface area contributed by atoms with E-state index in [9.17, 15) is 4.79 Å². The minimum Gasteiger partial charge on any atom is -0.496 e. The normalized spacial score (nSPS) is 10.6. The average molecular weight is 424 g/mol. The molecule has 164 valence electrons. The molecule has 1 amide bonds. The first-order valence-corrected chi connectivity index (χ1v) is 10.1. The first kappa shape index (κ1) is 22.3. The molecule has 0 fully saturated rings. The van der Waals surface area contributed by atoms with E-state index in [4.69, 9.17) is 18.6 Å². The van der Waals surface area contributed by atoms with Crippen LogP contribution < -0.4 is 19.5 Å². The zero-order valence-corrected chi connectivity index (χ0v) is 18.9. The maximum absolute atomic E-state index is 12.7. The van der Waals surface area contributed by atoms with Crippen LogP contribution in [0.3, 0.4) is 0 Å². The van der Waals surface area contributed by atoms with Crippen LogP contribution in [0.4, 0.5) is 0 Å². The van der Waals surface area contributed by atoms with E-state index in [1.54, 1.807) is 39.5 Å². The Morgan fingerprint density at radius 1 is 0.871 bits per heavy atom. The van der Waals surface area contributed by atoms with E-state index in [0.717, 1.165) is 11.3 Å². The molecule has 1 N–H and O–H groups in total. The Hall–Kier alpha value is -3.41. The zero-order valence-electron chi connectivity index (χ0n) is 18.9. The number of amides is 1. The minimum absolute atomic E-state index is 0.224. The number of hydrogen-bond acceptors (Lipinski definition) is 5. The van der Waals surface area contributed by atoms with Crippen molar-refractivity contribution >= 4 is 5.91 Å². The molecule has 0 saturated heterocycles. The number of carbonyl (C=O) groups excluding carboxylic acids is 1. The zero-order chi connectivity index (χ0) is 22.5. The summed E-state index contributed by atoms with van der Waals surface area (Å²) in [5.74, 6) is 2.47. The Bertz CT molecular complexity index is 1040. The average Bonchev–Trinajstić information content (AvgIpc) is 3.22. The quantitative estimate of drug-likeness (QED) is 0.566. The van der Waals surface area contributed by atoms with Gasteiger partial charge in [0.25, 0.3) is 5.91 Å². The van der Waals surface area contributed by atoms with Crippen LogP contribution in [0.25, 0.3) is 0 Å². The van der Waals surface area contributed by atoms with Gasteiger partial charge in [-0.05, 0) is 49.6 Å². The van der Waals surface area contributed by atoms with Crippen molar-refractivity contribution in [3.63, 3.8) is 0 Å². The van der Waals surface area contributed by atoms with Gasteiger partial charge in [0, 0.05) is 18.6 Å². The van der Waals surface area contributed by atoms with E-state index >= 15 is 0 Å². The van der Waals surface area contributed by atoms with Crippen LogP contribution in [0.2, 0.25) is 0 Å². The van der Waals surface area contributed by atoms with Gasteiger partial charge in [0.1, 0.15) is 23.0 Å². The third-order valence-corrected chi connectivity index (χ3v) is 5.32. The summed E-state index contributed by atoms with van der Waals surface area (Å²) in [6.45, 7) is 6.51. The lowest BCUT2D eigenvalue weighted by atomic mass is 9.97. The predicted molar refractivity (Wildman–Crippen MR) is 119 cm³/mol. The van der Waals surface area contributed by atoms with Crippen molar-refractivity contribution in [2.24, 2.45) is 0 Å². The van der Waals surface area contributed by atoms with Gasteiger partial charge >= 0.3 is 0 Å². The molecule has 0 saturated carbocycles. The van der Waals surface area contributed by atoms with Crippen molar-refractivity contribution in [1.29, 1.82) is 0 Å². The van der Waals surface area contributed by atoms with Crippen LogP contribution in [-0.4, -0.2) is 27.2 Å². The largest absolute Gasteiger partial charge is 0.496 e. The number of benzene rings is 2. The first-order chi connectivity index (χ1) is 14.9. The molecular weight excluding hydrogens is 394 g/mol. The highest BCUT2D eigenvalue weighted by atomic mass is 16.5. The van der Waals surface area contributed by atoms with Crippen molar-refractivity contribution < 1.29 is 23.4 Å². The second-order valence-corrected chi connectivity index (χ2v) is 7.51. The van der Waals surface area contributed by atoms with Crippen molar-refractivity contribution in [1.82, 2.24) is 5.32 Å². The molecule has 0 aliphatic rings. The standard InChI is InChI=1S/C25H29NO5/c1-15-9-16(2)20(17(3)10-15)11-18-7-8-22(31-18)25(27)26-14-21-23(29-5)12-19(28-4)13-24(21)30-6/h7-10,12-13H,11,14H2,1-6H3,(H,26,27). The molecule has 6 nitrogen and oxygen atoms in total. The highest BCUT2D eigenvalue weighted by molar-refractivity contribution is 5.91. The van der Waals surface area contributed by atoms with Crippen molar-refractivity contribution in [2.75, 3.05) is 21.3 Å². The van der Waals surface area contributed by atoms with Gasteiger partial charge in [0.2, 0.25) is 0 Å². The summed E-state index contributed by atoms with van der Waals surface area (Å²) in [6, 6.07) is 11.4. The molecule has 0 atom stereocenters. The highest BCUT2D eigenvalue weighted by Crippen LogP contribution is 2.34. The molecule has 0 aliphatic carbocycles. The Kier molecular flexibility index (Phi) is 6.90. The summed E-state index contributed by atoms with van der Waals surface area (Å²) in [7, 11) is 4.70. The fraction of sp³-hybridized carbons (Fsp3) is 0.320. The molecule has 0 aliphatic heterocycles. The number of ether oxygens (including phenoxy) is 3. The van der Waals surface area contributed by atoms with Gasteiger partial charge in [0.05, 0.1) is 33.4 Å². The minimum atomic E-state index is -0.302. The number of hydrogen-bond donors (Lipinski definition) is 1. The molecule has 1 aromatic heterocycles. The Labute approximate surface area is 183 Å². The second-order valence-electron chi connectivity index (χ2n) is 7.51. The molecule has 2 aromatic carbocycles. The molecule has 0 bridgehead atoms. The van der Waals surface area contributed by atoms with Gasteiger partial charge in [-0.1, -0.05) is 17.7 Å². The van der Waals surface area contributed by atoms with Gasteiger partial charge in [-0.25, -0.2) is 0 Å². The maximum Gasteiger partial charge on any atom is 0.287 e. The summed E-state index contributed by atoms with van der Waals surface area (Å²) in [6.07, 6.45) is 0.644. The number of methoxy groups -OCH3 is 3. The van der Waals surface area contributed by atoms with Crippen molar-refractivity contribution in [3.05, 3.63) is 75.7 Å². The smallest absolute Gasteiger partial charge is 0.287 e. The van der Waals surface area contributed by atoms with E-state index in [-0.39, 0.29) is 18.2 Å². The molecule has 0 spiro atoms. The Morgan fingerprint density at radius 2 is 1.48 bits per heavy atom. The van der Waals surface area contributed by atoms with Gasteiger partial charge in [-0.15, -0.1) is 0 Å². The fourth-order valence-corrected chi connectivity index (χ4v) is 3.77. The highest BCUT2D eigenvalue weighted by Gasteiger charge is 2.17. The summed E-state index contributed by atoms with van der Waals surface area (Å²) in [5, 5.41) is 2.88. The van der Waals surface area contributed by atoms with Crippen LogP contribution in [-0.2, 0) is 13.0 Å². The van der Waals surface area contributed by atoms with E-state index in [1.807, 2.05) is 6.07 Å². The Morgan fingerprint density at radius 3 is 2.03 bits per heavy atom. The number of nitrogens with one attached hydrogen (secondary N) is 1. The van der Waals surface area contributed by atoms with E-state index < -0.39 is 0 Å². The molecular formula is C25H29NO5. The number of furan rings is 1. The topological polar surface area (TPSA) is 69.9 Å². The van der Waals surface area contributed by atoms with E-state index in [1.165, 1.54) is 22.3 Å². The van der Waals surface area contributed by atoms with Crippen LogP contribution in [0.15, 0.2) is 40.8 Å². The van der Waals surface area contributed by atoms with E-state index in [0.29, 0.717) is 23.7 Å². The van der Waals surface area contributed by atoms with Crippen molar-refractivity contribution in [2.45, 2.75) is 33.7 Å². The molecule has 31 heavy (non-hydrogen) atoms. The van der Waals surface area contributed by atoms with Gasteiger partial charge in [-0.3, -0.25) is 4.79 Å². The lowest BCUT2D eigenvalue weighted by molar-refractivity contribution is 0.0921. The van der Waals surface area contributed by atoms with Crippen molar-refractivity contribution in [3.8, 4) is 17.2 Å². The lowest BCUT2D eigenvalue weighted by Gasteiger charge is -2.15. The second kappa shape index (κ2) is 9.60. The van der Waals surface area contributed by atoms with Gasteiger partial charge in [0.15, 0.2) is 5.76 Å². The molecule has 3 aromatic rings. The van der Waals surface area contributed by atoms with E-state index in [2.05, 4.69) is 38.2 Å². The predicted octanol–water partition coefficient (Wildman–Crippen LogP) is 4.75. The van der Waals surface area contributed by atoms with Crippen LogP contribution in [0.1, 0.15) is 44.1 Å². The summed E-state index contributed by atoms with van der Waals surface area (Å²) < 4.78 is 22.0. The van der Waals surface area contributed by atoms with Crippen LogP contribution >= 0.6 is 0 Å². The van der Waals surface area contributed by atoms with Crippen LogP contribution in [0, 0.1) is 20.8 Å². The van der Waals surface area contributed by atoms with Gasteiger partial charge in [-0.2, -0.15) is 0 Å². The number of rotatable bonds is 8. The summed E-state index contributed by atoms with van der Waals surface area (Å²) >= 11 is 0. The molecule has 0 unspecified atom stereocenters. The SMILES string of the molecule is COc1cc(OC)c(CNC(=O)c2ccc(Cc3c(C)cc(C)cc3C)o2)c(OC)c1. The third kappa shape index (κ3) is 5.02. The summed E-state index contributed by atoms with van der Waals surface area (Å²) in [4.78, 5) is 12.7. The van der Waals surface area contributed by atoms with Gasteiger partial charge < -0.3 is 23.9 Å². The molecule has 3 rings (SSSR count). The molecule has 0 radical (unpaired) electrons. The van der Waals surface area contributed by atoms with Crippen LogP contribution in [0.5, 0.6) is 17.2 Å². The Balaban J connectivity index is 1.73. The maximum atomic E-state index is 12.7.